The molecule has 188 valence electrons. The second-order valence-electron chi connectivity index (χ2n) is 8.49. The largest absolute Gasteiger partial charge is 0.508 e. The van der Waals surface area contributed by atoms with E-state index in [-0.39, 0.29) is 34.5 Å². The van der Waals surface area contributed by atoms with Gasteiger partial charge in [0.1, 0.15) is 11.5 Å². The number of phenolic OH excluding ortho intramolecular Hbond substituents is 1. The predicted octanol–water partition coefficient (Wildman–Crippen LogP) is 9.06. The molecule has 0 amide bonds. The minimum Gasteiger partial charge on any atom is -0.508 e. The van der Waals surface area contributed by atoms with E-state index in [4.69, 9.17) is 0 Å². The summed E-state index contributed by atoms with van der Waals surface area (Å²) in [5.74, 6) is -4.03. The summed E-state index contributed by atoms with van der Waals surface area (Å²) in [5.41, 5.74) is 1.08. The Balaban J connectivity index is 0.00000210. The van der Waals surface area contributed by atoms with Crippen LogP contribution in [0.4, 0.5) is 17.6 Å². The molecule has 1 N–H and O–H groups in total. The van der Waals surface area contributed by atoms with Gasteiger partial charge in [0.15, 0.2) is 23.3 Å². The molecule has 0 unspecified atom stereocenters. The lowest BCUT2D eigenvalue weighted by Crippen LogP contribution is -2.15. The Labute approximate surface area is 205 Å². The average Bonchev–Trinajstić information content (AvgIpc) is 2.89. The smallest absolute Gasteiger partial charge is 0.200 e. The topological polar surface area (TPSA) is 29.5 Å². The summed E-state index contributed by atoms with van der Waals surface area (Å²) >= 11 is 0. The van der Waals surface area contributed by atoms with Crippen LogP contribution in [0.1, 0.15) is 50.0 Å². The van der Waals surface area contributed by atoms with Crippen molar-refractivity contribution in [3.63, 3.8) is 0 Å². The van der Waals surface area contributed by atoms with E-state index >= 15 is 0 Å². The van der Waals surface area contributed by atoms with Gasteiger partial charge in [-0.1, -0.05) is 37.4 Å². The van der Waals surface area contributed by atoms with Gasteiger partial charge in [0.25, 0.3) is 0 Å². The number of aromatic hydroxyl groups is 1. The van der Waals surface area contributed by atoms with Gasteiger partial charge >= 0.3 is 0 Å². The third-order valence-corrected chi connectivity index (χ3v) is 6.43. The molecule has 1 aliphatic carbocycles. The molecular formula is C29H32F4O2. The van der Waals surface area contributed by atoms with Crippen molar-refractivity contribution in [3.05, 3.63) is 103 Å². The zero-order chi connectivity index (χ0) is 26.1. The predicted molar refractivity (Wildman–Crippen MR) is 133 cm³/mol. The van der Waals surface area contributed by atoms with Crippen LogP contribution < -0.4 is 0 Å². The third-order valence-electron chi connectivity index (χ3n) is 6.43. The van der Waals surface area contributed by atoms with Crippen molar-refractivity contribution in [2.45, 2.75) is 44.4 Å². The van der Waals surface area contributed by atoms with Crippen LogP contribution >= 0.6 is 0 Å². The molecule has 2 aromatic carbocycles. The van der Waals surface area contributed by atoms with E-state index in [1.807, 2.05) is 0 Å². The molecular weight excluding hydrogens is 456 g/mol. The zero-order valence-electron chi connectivity index (χ0n) is 20.1. The van der Waals surface area contributed by atoms with Crippen LogP contribution in [-0.2, 0) is 4.74 Å². The fourth-order valence-corrected chi connectivity index (χ4v) is 4.36. The second-order valence-corrected chi connectivity index (χ2v) is 8.49. The van der Waals surface area contributed by atoms with Gasteiger partial charge < -0.3 is 9.84 Å². The lowest BCUT2D eigenvalue weighted by atomic mass is 9.76. The Morgan fingerprint density at radius 1 is 0.914 bits per heavy atom. The first-order valence-electron chi connectivity index (χ1n) is 11.5. The molecule has 3 rings (SSSR count). The van der Waals surface area contributed by atoms with Gasteiger partial charge in [-0.2, -0.15) is 4.39 Å². The van der Waals surface area contributed by atoms with Crippen molar-refractivity contribution in [2.75, 3.05) is 7.11 Å². The van der Waals surface area contributed by atoms with Crippen LogP contribution in [0.25, 0.3) is 11.1 Å². The maximum absolute atomic E-state index is 14.9. The van der Waals surface area contributed by atoms with Gasteiger partial charge in [0.2, 0.25) is 0 Å². The molecule has 1 saturated carbocycles. The van der Waals surface area contributed by atoms with Crippen molar-refractivity contribution in [3.8, 4) is 16.9 Å². The number of hydrogen-bond donors (Lipinski definition) is 1. The molecule has 0 atom stereocenters. The van der Waals surface area contributed by atoms with E-state index in [0.717, 1.165) is 12.8 Å². The molecule has 1 aliphatic rings. The quantitative estimate of drug-likeness (QED) is 0.174. The Hall–Kier alpha value is -3.28. The van der Waals surface area contributed by atoms with E-state index in [1.54, 1.807) is 24.3 Å². The highest BCUT2D eigenvalue weighted by atomic mass is 19.2. The summed E-state index contributed by atoms with van der Waals surface area (Å²) in [4.78, 5) is 0. The first kappa shape index (κ1) is 28.0. The normalized spacial score (nSPS) is 18.1. The molecule has 6 heteroatoms. The Morgan fingerprint density at radius 3 is 2.09 bits per heavy atom. The highest BCUT2D eigenvalue weighted by molar-refractivity contribution is 5.65. The maximum Gasteiger partial charge on any atom is 0.200 e. The summed E-state index contributed by atoms with van der Waals surface area (Å²) in [6, 6.07) is 9.16. The number of rotatable bonds is 8. The highest BCUT2D eigenvalue weighted by Crippen LogP contribution is 2.41. The molecule has 2 aromatic rings. The summed E-state index contributed by atoms with van der Waals surface area (Å²) < 4.78 is 62.2. The molecule has 0 saturated heterocycles. The number of phenols is 1. The molecule has 0 radical (unpaired) electrons. The van der Waals surface area contributed by atoms with Crippen LogP contribution in [-0.4, -0.2) is 12.2 Å². The third kappa shape index (κ3) is 6.87. The molecule has 35 heavy (non-hydrogen) atoms. The van der Waals surface area contributed by atoms with E-state index < -0.39 is 23.3 Å². The second kappa shape index (κ2) is 13.0. The minimum absolute atomic E-state index is 0.0564. The van der Waals surface area contributed by atoms with Crippen LogP contribution in [0.5, 0.6) is 5.75 Å². The number of halogens is 4. The standard InChI is InChI=1S/C27H28F4O2.C2H4/c1-16(24(28)25(29)17(2)33-3)4-5-18-6-8-19(9-7-18)22-14-15-23(27(31)26(22)30)20-10-12-21(32)13-11-20;1-2/h10-15,18-19,32H,1-2,4-9H2,3H3;1-2H2/b25-24-;. The Morgan fingerprint density at radius 2 is 1.51 bits per heavy atom. The first-order valence-corrected chi connectivity index (χ1v) is 11.5. The molecule has 0 aromatic heterocycles. The number of ether oxygens (including phenoxy) is 1. The molecule has 0 heterocycles. The molecule has 2 nitrogen and oxygen atoms in total. The van der Waals surface area contributed by atoms with Crippen LogP contribution in [0, 0.1) is 17.6 Å². The maximum atomic E-state index is 14.9. The van der Waals surface area contributed by atoms with Gasteiger partial charge in [0, 0.05) is 5.56 Å². The van der Waals surface area contributed by atoms with Gasteiger partial charge in [0.05, 0.1) is 7.11 Å². The SMILES string of the molecule is C=C.C=C(CCC1CCC(c2ccc(-c3ccc(O)cc3)c(F)c2F)CC1)/C(F)=C(/F)C(=C)OC. The number of methoxy groups -OCH3 is 1. The number of benzene rings is 2. The fourth-order valence-electron chi connectivity index (χ4n) is 4.36. The van der Waals surface area contributed by atoms with E-state index in [9.17, 15) is 22.7 Å². The minimum atomic E-state index is -1.14. The van der Waals surface area contributed by atoms with E-state index in [0.29, 0.717) is 36.8 Å². The first-order chi connectivity index (χ1) is 16.7. The van der Waals surface area contributed by atoms with E-state index in [2.05, 4.69) is 31.1 Å². The number of hydrogen-bond acceptors (Lipinski definition) is 2. The lowest BCUT2D eigenvalue weighted by molar-refractivity contribution is 0.280. The van der Waals surface area contributed by atoms with Gasteiger partial charge in [-0.25, -0.2) is 13.2 Å². The monoisotopic (exact) mass is 488 g/mol. The van der Waals surface area contributed by atoms with E-state index in [1.165, 1.54) is 19.2 Å². The van der Waals surface area contributed by atoms with Gasteiger partial charge in [-0.05, 0) is 79.2 Å². The van der Waals surface area contributed by atoms with Gasteiger partial charge in [-0.3, -0.25) is 0 Å². The zero-order valence-corrected chi connectivity index (χ0v) is 20.1. The lowest BCUT2D eigenvalue weighted by Gasteiger charge is -2.29. The summed E-state index contributed by atoms with van der Waals surface area (Å²) in [5, 5.41) is 9.40. The summed E-state index contributed by atoms with van der Waals surface area (Å²) in [7, 11) is 1.21. The summed E-state index contributed by atoms with van der Waals surface area (Å²) in [6.45, 7) is 12.9. The Bertz CT molecular complexity index is 1060. The molecule has 1 fully saturated rings. The van der Waals surface area contributed by atoms with Crippen LogP contribution in [0.2, 0.25) is 0 Å². The van der Waals surface area contributed by atoms with Crippen molar-refractivity contribution >= 4 is 0 Å². The Kier molecular flexibility index (Phi) is 10.4. The van der Waals surface area contributed by atoms with Crippen molar-refractivity contribution in [1.82, 2.24) is 0 Å². The van der Waals surface area contributed by atoms with Crippen LogP contribution in [0.15, 0.2) is 85.7 Å². The molecule has 0 aliphatic heterocycles. The average molecular weight is 489 g/mol. The van der Waals surface area contributed by atoms with Crippen molar-refractivity contribution < 1.29 is 27.4 Å². The van der Waals surface area contributed by atoms with Crippen molar-refractivity contribution in [1.29, 1.82) is 0 Å². The fraction of sp³-hybridized carbons (Fsp3) is 0.310. The molecule has 0 spiro atoms. The number of allylic oxidation sites excluding steroid dienone is 3. The van der Waals surface area contributed by atoms with Gasteiger partial charge in [-0.15, -0.1) is 13.2 Å². The highest BCUT2D eigenvalue weighted by Gasteiger charge is 2.27. The van der Waals surface area contributed by atoms with Crippen molar-refractivity contribution in [2.24, 2.45) is 5.92 Å². The van der Waals surface area contributed by atoms with Crippen LogP contribution in [0.3, 0.4) is 0 Å². The summed E-state index contributed by atoms with van der Waals surface area (Å²) in [6.07, 6.45) is 3.91. The molecule has 0 bridgehead atoms.